The third kappa shape index (κ3) is 4.43. The number of hydrogen-bond donors (Lipinski definition) is 2. The van der Waals surface area contributed by atoms with Crippen LogP contribution in [0.2, 0.25) is 0 Å². The molecule has 1 heterocycles. The third-order valence-corrected chi connectivity index (χ3v) is 3.96. The number of carbonyl (C=O) groups is 1. The minimum atomic E-state index is -0.202. The molecule has 0 aromatic heterocycles. The van der Waals surface area contributed by atoms with Crippen molar-refractivity contribution >= 4 is 6.03 Å². The maximum absolute atomic E-state index is 12.9. The normalized spacial score (nSPS) is 19.6. The van der Waals surface area contributed by atoms with Gasteiger partial charge in [0, 0.05) is 32.2 Å². The van der Waals surface area contributed by atoms with Crippen LogP contribution in [0.5, 0.6) is 0 Å². The smallest absolute Gasteiger partial charge is 0.317 e. The fraction of sp³-hybridized carbons (Fsp3) is 0.562. The number of carbonyl (C=O) groups excluding carboxylic acids is 1. The highest BCUT2D eigenvalue weighted by molar-refractivity contribution is 5.74. The molecular formula is C16H24FN3O. The second-order valence-electron chi connectivity index (χ2n) is 5.63. The molecule has 116 valence electrons. The van der Waals surface area contributed by atoms with Crippen LogP contribution in [0.4, 0.5) is 9.18 Å². The molecule has 0 spiro atoms. The maximum Gasteiger partial charge on any atom is 0.317 e. The molecule has 0 radical (unpaired) electrons. The van der Waals surface area contributed by atoms with Crippen molar-refractivity contribution in [2.75, 3.05) is 26.2 Å². The van der Waals surface area contributed by atoms with Gasteiger partial charge in [-0.3, -0.25) is 0 Å². The zero-order valence-electron chi connectivity index (χ0n) is 12.7. The van der Waals surface area contributed by atoms with Crippen LogP contribution in [-0.2, 0) is 0 Å². The number of amides is 2. The molecule has 1 aliphatic rings. The van der Waals surface area contributed by atoms with Crippen LogP contribution in [-0.4, -0.2) is 43.2 Å². The Balaban J connectivity index is 1.76. The van der Waals surface area contributed by atoms with Gasteiger partial charge in [-0.15, -0.1) is 0 Å². The monoisotopic (exact) mass is 293 g/mol. The lowest BCUT2D eigenvalue weighted by Gasteiger charge is -2.19. The molecule has 21 heavy (non-hydrogen) atoms. The zero-order chi connectivity index (χ0) is 15.2. The van der Waals surface area contributed by atoms with Gasteiger partial charge in [-0.2, -0.15) is 0 Å². The van der Waals surface area contributed by atoms with E-state index in [4.69, 9.17) is 0 Å². The Bertz CT molecular complexity index is 463. The number of likely N-dealkylation sites (tertiary alicyclic amines) is 1. The molecule has 1 fully saturated rings. The van der Waals surface area contributed by atoms with Crippen LogP contribution in [0.1, 0.15) is 31.7 Å². The summed E-state index contributed by atoms with van der Waals surface area (Å²) in [5, 5.41) is 6.33. The summed E-state index contributed by atoms with van der Waals surface area (Å²) in [4.78, 5) is 13.6. The largest absolute Gasteiger partial charge is 0.338 e. The molecule has 2 amide bonds. The van der Waals surface area contributed by atoms with Gasteiger partial charge in [0.1, 0.15) is 5.82 Å². The van der Waals surface area contributed by atoms with Crippen LogP contribution in [0.15, 0.2) is 24.3 Å². The first-order chi connectivity index (χ1) is 10.1. The molecule has 1 saturated heterocycles. The van der Waals surface area contributed by atoms with Gasteiger partial charge in [0.2, 0.25) is 0 Å². The van der Waals surface area contributed by atoms with Crippen LogP contribution in [0.25, 0.3) is 0 Å². The number of benzene rings is 1. The summed E-state index contributed by atoms with van der Waals surface area (Å²) in [7, 11) is 0. The van der Waals surface area contributed by atoms with E-state index in [1.807, 2.05) is 24.0 Å². The van der Waals surface area contributed by atoms with E-state index >= 15 is 0 Å². The Hall–Kier alpha value is -1.62. The van der Waals surface area contributed by atoms with Crippen molar-refractivity contribution in [1.29, 1.82) is 0 Å². The topological polar surface area (TPSA) is 44.4 Å². The fourth-order valence-corrected chi connectivity index (χ4v) is 2.63. The second-order valence-corrected chi connectivity index (χ2v) is 5.63. The number of nitrogens with zero attached hydrogens (tertiary/aromatic N) is 1. The number of rotatable bonds is 5. The van der Waals surface area contributed by atoms with E-state index in [0.717, 1.165) is 31.6 Å². The van der Waals surface area contributed by atoms with E-state index in [1.165, 1.54) is 12.1 Å². The van der Waals surface area contributed by atoms with Gasteiger partial charge in [0.05, 0.1) is 0 Å². The molecule has 5 heteroatoms. The van der Waals surface area contributed by atoms with Gasteiger partial charge in [0.25, 0.3) is 0 Å². The minimum Gasteiger partial charge on any atom is -0.338 e. The van der Waals surface area contributed by atoms with Gasteiger partial charge >= 0.3 is 6.03 Å². The fourth-order valence-electron chi connectivity index (χ4n) is 2.63. The summed E-state index contributed by atoms with van der Waals surface area (Å²) in [6.45, 7) is 7.09. The Labute approximate surface area is 125 Å². The summed E-state index contributed by atoms with van der Waals surface area (Å²) in [6, 6.07) is 7.02. The first kappa shape index (κ1) is 15.8. The molecule has 4 nitrogen and oxygen atoms in total. The van der Waals surface area contributed by atoms with E-state index in [1.54, 1.807) is 0 Å². The lowest BCUT2D eigenvalue weighted by Crippen LogP contribution is -2.41. The van der Waals surface area contributed by atoms with Crippen LogP contribution in [0.3, 0.4) is 0 Å². The van der Waals surface area contributed by atoms with Crippen molar-refractivity contribution in [2.45, 2.75) is 32.2 Å². The molecule has 2 rings (SSSR count). The van der Waals surface area contributed by atoms with Crippen LogP contribution >= 0.6 is 0 Å². The predicted molar refractivity (Wildman–Crippen MR) is 81.9 cm³/mol. The molecule has 2 atom stereocenters. The molecule has 1 aromatic rings. The van der Waals surface area contributed by atoms with Crippen LogP contribution < -0.4 is 10.6 Å². The summed E-state index contributed by atoms with van der Waals surface area (Å²) in [5.74, 6) is 0.122. The van der Waals surface area contributed by atoms with Gasteiger partial charge in [-0.25, -0.2) is 9.18 Å². The lowest BCUT2D eigenvalue weighted by molar-refractivity contribution is 0.208. The van der Waals surface area contributed by atoms with Crippen molar-refractivity contribution in [2.24, 2.45) is 0 Å². The second kappa shape index (κ2) is 7.41. The molecule has 0 saturated carbocycles. The van der Waals surface area contributed by atoms with E-state index in [-0.39, 0.29) is 11.8 Å². The van der Waals surface area contributed by atoms with E-state index in [0.29, 0.717) is 18.5 Å². The van der Waals surface area contributed by atoms with Crippen molar-refractivity contribution in [3.8, 4) is 0 Å². The molecule has 1 aromatic carbocycles. The quantitative estimate of drug-likeness (QED) is 0.875. The molecule has 0 bridgehead atoms. The molecule has 2 N–H and O–H groups in total. The first-order valence-corrected chi connectivity index (χ1v) is 7.61. The van der Waals surface area contributed by atoms with Crippen molar-refractivity contribution in [3.05, 3.63) is 35.6 Å². The standard InChI is InChI=1S/C16H24FN3O/c1-3-18-16(21)20-9-8-15(11-20)19-10-12(2)13-4-6-14(17)7-5-13/h4-7,12,15,19H,3,8-11H2,1-2H3,(H,18,21)/t12-,15+/m0/s1. The SMILES string of the molecule is CCNC(=O)N1CC[C@@H](NC[C@H](C)c2ccc(F)cc2)C1. The van der Waals surface area contributed by atoms with Gasteiger partial charge in [-0.1, -0.05) is 19.1 Å². The first-order valence-electron chi connectivity index (χ1n) is 7.61. The summed E-state index contributed by atoms with van der Waals surface area (Å²) >= 11 is 0. The molecule has 0 aliphatic carbocycles. The van der Waals surface area contributed by atoms with E-state index in [2.05, 4.69) is 17.6 Å². The highest BCUT2D eigenvalue weighted by Crippen LogP contribution is 2.16. The molecular weight excluding hydrogens is 269 g/mol. The summed E-state index contributed by atoms with van der Waals surface area (Å²) in [6.07, 6.45) is 0.979. The average molecular weight is 293 g/mol. The number of urea groups is 1. The number of halogens is 1. The maximum atomic E-state index is 12.9. The van der Waals surface area contributed by atoms with E-state index in [9.17, 15) is 9.18 Å². The Morgan fingerprint density at radius 3 is 2.81 bits per heavy atom. The van der Waals surface area contributed by atoms with Gasteiger partial charge < -0.3 is 15.5 Å². The zero-order valence-corrected chi connectivity index (χ0v) is 12.7. The summed E-state index contributed by atoms with van der Waals surface area (Å²) in [5.41, 5.74) is 1.13. The van der Waals surface area contributed by atoms with E-state index < -0.39 is 0 Å². The van der Waals surface area contributed by atoms with Crippen LogP contribution in [0, 0.1) is 5.82 Å². The average Bonchev–Trinajstić information content (AvgIpc) is 2.95. The predicted octanol–water partition coefficient (Wildman–Crippen LogP) is 2.32. The summed E-state index contributed by atoms with van der Waals surface area (Å²) < 4.78 is 12.9. The molecule has 0 unspecified atom stereocenters. The minimum absolute atomic E-state index is 0.0217. The highest BCUT2D eigenvalue weighted by Gasteiger charge is 2.25. The van der Waals surface area contributed by atoms with Gasteiger partial charge in [0.15, 0.2) is 0 Å². The number of hydrogen-bond acceptors (Lipinski definition) is 2. The third-order valence-electron chi connectivity index (χ3n) is 3.96. The Morgan fingerprint density at radius 2 is 2.14 bits per heavy atom. The van der Waals surface area contributed by atoms with Crippen molar-refractivity contribution in [1.82, 2.24) is 15.5 Å². The van der Waals surface area contributed by atoms with Crippen molar-refractivity contribution < 1.29 is 9.18 Å². The highest BCUT2D eigenvalue weighted by atomic mass is 19.1. The Kier molecular flexibility index (Phi) is 5.56. The molecule has 1 aliphatic heterocycles. The lowest BCUT2D eigenvalue weighted by atomic mass is 10.0. The number of nitrogens with one attached hydrogen (secondary N) is 2. The van der Waals surface area contributed by atoms with Crippen molar-refractivity contribution in [3.63, 3.8) is 0 Å². The van der Waals surface area contributed by atoms with Gasteiger partial charge in [-0.05, 0) is 37.0 Å². The Morgan fingerprint density at radius 1 is 1.43 bits per heavy atom.